The van der Waals surface area contributed by atoms with E-state index in [9.17, 15) is 9.59 Å². The molecule has 1 aromatic rings. The van der Waals surface area contributed by atoms with Crippen molar-refractivity contribution < 1.29 is 9.59 Å². The fraction of sp³-hybridized carbons (Fsp3) is 0.619. The van der Waals surface area contributed by atoms with E-state index in [-0.39, 0.29) is 24.4 Å². The minimum Gasteiger partial charge on any atom is -0.368 e. The average molecular weight is 375 g/mol. The van der Waals surface area contributed by atoms with E-state index in [1.165, 1.54) is 16.8 Å². The summed E-state index contributed by atoms with van der Waals surface area (Å²) >= 11 is 0. The number of carbonyl (C=O) groups is 2. The van der Waals surface area contributed by atoms with E-state index in [0.717, 1.165) is 26.2 Å². The molecular weight excluding hydrogens is 340 g/mol. The molecule has 0 aliphatic carbocycles. The van der Waals surface area contributed by atoms with E-state index in [2.05, 4.69) is 42.3 Å². The maximum atomic E-state index is 12.7. The molecule has 0 unspecified atom stereocenters. The highest BCUT2D eigenvalue weighted by Gasteiger charge is 2.24. The highest BCUT2D eigenvalue weighted by Crippen LogP contribution is 2.23. The fourth-order valence-electron chi connectivity index (χ4n) is 3.42. The molecule has 1 aromatic carbocycles. The molecule has 6 heteroatoms. The first-order valence-corrected chi connectivity index (χ1v) is 9.92. The zero-order valence-corrected chi connectivity index (χ0v) is 17.4. The Hall–Kier alpha value is -2.08. The summed E-state index contributed by atoms with van der Waals surface area (Å²) < 4.78 is 0. The van der Waals surface area contributed by atoms with Crippen LogP contribution in [0.1, 0.15) is 31.9 Å². The summed E-state index contributed by atoms with van der Waals surface area (Å²) in [4.78, 5) is 30.8. The molecule has 6 nitrogen and oxygen atoms in total. The van der Waals surface area contributed by atoms with Crippen LogP contribution < -0.4 is 10.2 Å². The highest BCUT2D eigenvalue weighted by molar-refractivity contribution is 5.81. The lowest BCUT2D eigenvalue weighted by Crippen LogP contribution is -2.52. The van der Waals surface area contributed by atoms with Crippen LogP contribution in [-0.4, -0.2) is 73.5 Å². The van der Waals surface area contributed by atoms with Gasteiger partial charge in [-0.1, -0.05) is 19.1 Å². The van der Waals surface area contributed by atoms with Crippen LogP contribution in [0.4, 0.5) is 5.69 Å². The molecule has 27 heavy (non-hydrogen) atoms. The third-order valence-corrected chi connectivity index (χ3v) is 5.17. The smallest absolute Gasteiger partial charge is 0.236 e. The van der Waals surface area contributed by atoms with Crippen LogP contribution in [0, 0.1) is 13.8 Å². The Morgan fingerprint density at radius 1 is 1.11 bits per heavy atom. The van der Waals surface area contributed by atoms with Gasteiger partial charge in [-0.05, 0) is 51.4 Å². The molecule has 1 aliphatic heterocycles. The molecule has 150 valence electrons. The van der Waals surface area contributed by atoms with E-state index in [0.29, 0.717) is 13.1 Å². The molecule has 0 atom stereocenters. The minimum atomic E-state index is -0.0283. The summed E-state index contributed by atoms with van der Waals surface area (Å²) in [7, 11) is 0. The summed E-state index contributed by atoms with van der Waals surface area (Å²) in [5.74, 6) is 0.0780. The van der Waals surface area contributed by atoms with Crippen LogP contribution in [0.25, 0.3) is 0 Å². The molecule has 0 bridgehead atoms. The number of anilines is 1. The second-order valence-corrected chi connectivity index (χ2v) is 7.61. The standard InChI is InChI=1S/C21H34N4O2/c1-6-23(14-20(26)22-16(2)3)15-21(27)25-12-10-24(11-13-25)19-9-7-8-17(4)18(19)5/h7-9,16H,6,10-15H2,1-5H3,(H,22,26). The average Bonchev–Trinajstić information content (AvgIpc) is 2.63. The zero-order valence-electron chi connectivity index (χ0n) is 17.4. The van der Waals surface area contributed by atoms with Gasteiger partial charge < -0.3 is 15.1 Å². The molecule has 1 heterocycles. The van der Waals surface area contributed by atoms with Gasteiger partial charge in [-0.25, -0.2) is 0 Å². The third-order valence-electron chi connectivity index (χ3n) is 5.17. The number of hydrogen-bond donors (Lipinski definition) is 1. The second kappa shape index (κ2) is 9.74. The summed E-state index contributed by atoms with van der Waals surface area (Å²) in [5.41, 5.74) is 3.87. The minimum absolute atomic E-state index is 0.0283. The van der Waals surface area contributed by atoms with Crippen molar-refractivity contribution in [1.82, 2.24) is 15.1 Å². The predicted octanol–water partition coefficient (Wildman–Crippen LogP) is 1.80. The largest absolute Gasteiger partial charge is 0.368 e. The molecule has 2 rings (SSSR count). The van der Waals surface area contributed by atoms with Crippen molar-refractivity contribution in [1.29, 1.82) is 0 Å². The highest BCUT2D eigenvalue weighted by atomic mass is 16.2. The fourth-order valence-corrected chi connectivity index (χ4v) is 3.42. The van der Waals surface area contributed by atoms with Crippen LogP contribution in [0.3, 0.4) is 0 Å². The molecule has 0 spiro atoms. The van der Waals surface area contributed by atoms with Crippen molar-refractivity contribution in [2.45, 2.75) is 40.7 Å². The maximum Gasteiger partial charge on any atom is 0.236 e. The first-order valence-electron chi connectivity index (χ1n) is 9.92. The van der Waals surface area contributed by atoms with Gasteiger partial charge in [-0.3, -0.25) is 14.5 Å². The number of benzene rings is 1. The van der Waals surface area contributed by atoms with E-state index in [1.54, 1.807) is 0 Å². The summed E-state index contributed by atoms with van der Waals surface area (Å²) in [6, 6.07) is 6.50. The van der Waals surface area contributed by atoms with Gasteiger partial charge in [-0.15, -0.1) is 0 Å². The Kier molecular flexibility index (Phi) is 7.66. The molecule has 0 aromatic heterocycles. The quantitative estimate of drug-likeness (QED) is 0.791. The molecule has 1 fully saturated rings. The lowest BCUT2D eigenvalue weighted by atomic mass is 10.1. The Bertz CT molecular complexity index is 652. The second-order valence-electron chi connectivity index (χ2n) is 7.61. The lowest BCUT2D eigenvalue weighted by molar-refractivity contribution is -0.133. The van der Waals surface area contributed by atoms with Gasteiger partial charge in [0.05, 0.1) is 13.1 Å². The Balaban J connectivity index is 1.86. The lowest BCUT2D eigenvalue weighted by Gasteiger charge is -2.37. The van der Waals surface area contributed by atoms with Gasteiger partial charge in [0.15, 0.2) is 0 Å². The number of aryl methyl sites for hydroxylation is 1. The van der Waals surface area contributed by atoms with Crippen LogP contribution in [0.15, 0.2) is 18.2 Å². The first-order chi connectivity index (χ1) is 12.8. The third kappa shape index (κ3) is 5.96. The van der Waals surface area contributed by atoms with Crippen molar-refractivity contribution in [3.8, 4) is 0 Å². The maximum absolute atomic E-state index is 12.7. The van der Waals surface area contributed by atoms with Crippen molar-refractivity contribution in [2.24, 2.45) is 0 Å². The molecule has 1 N–H and O–H groups in total. The number of piperazine rings is 1. The molecule has 1 aliphatic rings. The van der Waals surface area contributed by atoms with Gasteiger partial charge >= 0.3 is 0 Å². The van der Waals surface area contributed by atoms with Gasteiger partial charge in [0.1, 0.15) is 0 Å². The van der Waals surface area contributed by atoms with Gasteiger partial charge in [0, 0.05) is 37.9 Å². The van der Waals surface area contributed by atoms with Crippen molar-refractivity contribution in [2.75, 3.05) is 50.7 Å². The zero-order chi connectivity index (χ0) is 20.0. The van der Waals surface area contributed by atoms with Crippen molar-refractivity contribution in [3.05, 3.63) is 29.3 Å². The van der Waals surface area contributed by atoms with E-state index in [1.807, 2.05) is 30.6 Å². The van der Waals surface area contributed by atoms with Crippen molar-refractivity contribution in [3.63, 3.8) is 0 Å². The molecule has 0 saturated carbocycles. The Morgan fingerprint density at radius 3 is 2.37 bits per heavy atom. The number of nitrogens with one attached hydrogen (secondary N) is 1. The van der Waals surface area contributed by atoms with E-state index < -0.39 is 0 Å². The number of carbonyl (C=O) groups excluding carboxylic acids is 2. The normalized spacial score (nSPS) is 14.8. The van der Waals surface area contributed by atoms with Crippen LogP contribution in [0.2, 0.25) is 0 Å². The Labute approximate surface area is 163 Å². The molecule has 1 saturated heterocycles. The number of likely N-dealkylation sites (N-methyl/N-ethyl adjacent to an activating group) is 1. The van der Waals surface area contributed by atoms with Gasteiger partial charge in [0.25, 0.3) is 0 Å². The van der Waals surface area contributed by atoms with E-state index >= 15 is 0 Å². The van der Waals surface area contributed by atoms with Gasteiger partial charge in [0.2, 0.25) is 11.8 Å². The number of amides is 2. The number of hydrogen-bond acceptors (Lipinski definition) is 4. The summed E-state index contributed by atoms with van der Waals surface area (Å²) in [5, 5.41) is 2.88. The topological polar surface area (TPSA) is 55.9 Å². The first kappa shape index (κ1) is 21.2. The van der Waals surface area contributed by atoms with Gasteiger partial charge in [-0.2, -0.15) is 0 Å². The summed E-state index contributed by atoms with van der Waals surface area (Å²) in [6.07, 6.45) is 0. The molecule has 0 radical (unpaired) electrons. The van der Waals surface area contributed by atoms with Crippen LogP contribution in [0.5, 0.6) is 0 Å². The monoisotopic (exact) mass is 374 g/mol. The Morgan fingerprint density at radius 2 is 1.78 bits per heavy atom. The van der Waals surface area contributed by atoms with E-state index in [4.69, 9.17) is 0 Å². The molecular formula is C21H34N4O2. The van der Waals surface area contributed by atoms with Crippen LogP contribution in [-0.2, 0) is 9.59 Å². The number of rotatable bonds is 7. The molecule has 2 amide bonds. The van der Waals surface area contributed by atoms with Crippen LogP contribution >= 0.6 is 0 Å². The summed E-state index contributed by atoms with van der Waals surface area (Å²) in [6.45, 7) is 14.5. The van der Waals surface area contributed by atoms with Crippen molar-refractivity contribution >= 4 is 17.5 Å². The number of nitrogens with zero attached hydrogens (tertiary/aromatic N) is 3. The predicted molar refractivity (Wildman–Crippen MR) is 110 cm³/mol. The SMILES string of the molecule is CCN(CC(=O)NC(C)C)CC(=O)N1CCN(c2cccc(C)c2C)CC1.